The van der Waals surface area contributed by atoms with Gasteiger partial charge in [-0.05, 0) is 23.3 Å². The highest BCUT2D eigenvalue weighted by Crippen LogP contribution is 2.17. The zero-order valence-electron chi connectivity index (χ0n) is 12.1. The van der Waals surface area contributed by atoms with E-state index >= 15 is 0 Å². The Kier molecular flexibility index (Phi) is 6.25. The van der Waals surface area contributed by atoms with Crippen LogP contribution in [0.15, 0.2) is 53.9 Å². The van der Waals surface area contributed by atoms with Crippen molar-refractivity contribution >= 4 is 29.6 Å². The summed E-state index contributed by atoms with van der Waals surface area (Å²) in [5.74, 6) is 0.505. The van der Waals surface area contributed by atoms with Crippen molar-refractivity contribution in [1.82, 2.24) is 10.4 Å². The molecule has 0 atom stereocenters. The average Bonchev–Trinajstić information content (AvgIpc) is 2.56. The first kappa shape index (κ1) is 16.6. The van der Waals surface area contributed by atoms with Gasteiger partial charge in [0.25, 0.3) is 5.69 Å². The SMILES string of the molecule is O=C(CSCc1cccc([N+](=O)[O-])c1)N/N=C\c1ccncc1. The molecule has 2 aromatic rings. The van der Waals surface area contributed by atoms with Crippen LogP contribution < -0.4 is 5.43 Å². The minimum Gasteiger partial charge on any atom is -0.272 e. The van der Waals surface area contributed by atoms with Crippen LogP contribution in [0.1, 0.15) is 11.1 Å². The molecule has 0 saturated heterocycles. The van der Waals surface area contributed by atoms with Crippen LogP contribution in [0.5, 0.6) is 0 Å². The first-order valence-corrected chi connectivity index (χ1v) is 7.83. The fraction of sp³-hybridized carbons (Fsp3) is 0.133. The van der Waals surface area contributed by atoms with Crippen LogP contribution in [-0.2, 0) is 10.5 Å². The summed E-state index contributed by atoms with van der Waals surface area (Å²) < 4.78 is 0. The molecule has 1 N–H and O–H groups in total. The topological polar surface area (TPSA) is 97.5 Å². The largest absolute Gasteiger partial charge is 0.272 e. The summed E-state index contributed by atoms with van der Waals surface area (Å²) in [6.07, 6.45) is 4.81. The van der Waals surface area contributed by atoms with Gasteiger partial charge in [-0.2, -0.15) is 5.10 Å². The van der Waals surface area contributed by atoms with Gasteiger partial charge in [-0.1, -0.05) is 12.1 Å². The summed E-state index contributed by atoms with van der Waals surface area (Å²) in [6, 6.07) is 9.91. The lowest BCUT2D eigenvalue weighted by Crippen LogP contribution is -2.19. The third-order valence-corrected chi connectivity index (χ3v) is 3.74. The molecule has 23 heavy (non-hydrogen) atoms. The molecule has 0 aliphatic rings. The minimum absolute atomic E-state index is 0.0505. The summed E-state index contributed by atoms with van der Waals surface area (Å²) in [7, 11) is 0. The lowest BCUT2D eigenvalue weighted by atomic mass is 10.2. The number of rotatable bonds is 7. The second kappa shape index (κ2) is 8.64. The Morgan fingerprint density at radius 3 is 2.87 bits per heavy atom. The van der Waals surface area contributed by atoms with E-state index in [0.717, 1.165) is 11.1 Å². The molecule has 1 amide bonds. The van der Waals surface area contributed by atoms with Crippen molar-refractivity contribution in [3.05, 3.63) is 70.0 Å². The number of nitro benzene ring substituents is 1. The number of non-ortho nitro benzene ring substituents is 1. The predicted molar refractivity (Wildman–Crippen MR) is 89.2 cm³/mol. The summed E-state index contributed by atoms with van der Waals surface area (Å²) in [4.78, 5) is 25.8. The molecule has 1 aromatic carbocycles. The van der Waals surface area contributed by atoms with Crippen molar-refractivity contribution in [3.8, 4) is 0 Å². The van der Waals surface area contributed by atoms with E-state index < -0.39 is 4.92 Å². The van der Waals surface area contributed by atoms with Gasteiger partial charge >= 0.3 is 0 Å². The molecule has 0 spiro atoms. The number of nitrogens with one attached hydrogen (secondary N) is 1. The fourth-order valence-electron chi connectivity index (χ4n) is 1.68. The maximum atomic E-state index is 11.6. The summed E-state index contributed by atoms with van der Waals surface area (Å²) in [5, 5.41) is 14.5. The standard InChI is InChI=1S/C15H14N4O3S/c20-15(18-17-9-12-4-6-16-7-5-12)11-23-10-13-2-1-3-14(8-13)19(21)22/h1-9H,10-11H2,(H,18,20)/b17-9-. The Morgan fingerprint density at radius 1 is 1.35 bits per heavy atom. The number of hydrogen-bond donors (Lipinski definition) is 1. The molecule has 0 radical (unpaired) electrons. The van der Waals surface area contributed by atoms with E-state index in [1.54, 1.807) is 36.7 Å². The number of hydrogen-bond acceptors (Lipinski definition) is 6. The van der Waals surface area contributed by atoms with E-state index in [2.05, 4.69) is 15.5 Å². The van der Waals surface area contributed by atoms with E-state index in [1.807, 2.05) is 0 Å². The highest BCUT2D eigenvalue weighted by Gasteiger charge is 2.06. The molecule has 1 heterocycles. The number of thioether (sulfide) groups is 1. The minimum atomic E-state index is -0.436. The molecule has 1 aromatic heterocycles. The number of amides is 1. The van der Waals surface area contributed by atoms with Crippen LogP contribution in [0.25, 0.3) is 0 Å². The van der Waals surface area contributed by atoms with Gasteiger partial charge in [0.05, 0.1) is 16.9 Å². The monoisotopic (exact) mass is 330 g/mol. The van der Waals surface area contributed by atoms with Crippen LogP contribution in [0.3, 0.4) is 0 Å². The first-order valence-electron chi connectivity index (χ1n) is 6.68. The number of aromatic nitrogens is 1. The first-order chi connectivity index (χ1) is 11.1. The van der Waals surface area contributed by atoms with Gasteiger partial charge in [0.2, 0.25) is 5.91 Å². The van der Waals surface area contributed by atoms with Crippen LogP contribution in [-0.4, -0.2) is 27.8 Å². The van der Waals surface area contributed by atoms with Crippen LogP contribution in [0.4, 0.5) is 5.69 Å². The maximum Gasteiger partial charge on any atom is 0.269 e. The third kappa shape index (κ3) is 5.87. The van der Waals surface area contributed by atoms with E-state index in [0.29, 0.717) is 5.75 Å². The van der Waals surface area contributed by atoms with Crippen molar-refractivity contribution in [3.63, 3.8) is 0 Å². The zero-order valence-corrected chi connectivity index (χ0v) is 12.9. The Labute approximate surface area is 137 Å². The number of hydrazone groups is 1. The predicted octanol–water partition coefficient (Wildman–Crippen LogP) is 2.37. The van der Waals surface area contributed by atoms with Gasteiger partial charge in [-0.3, -0.25) is 19.9 Å². The van der Waals surface area contributed by atoms with Crippen LogP contribution in [0.2, 0.25) is 0 Å². The fourth-order valence-corrected chi connectivity index (χ4v) is 2.45. The van der Waals surface area contributed by atoms with Crippen molar-refractivity contribution < 1.29 is 9.72 Å². The number of carbonyl (C=O) groups is 1. The van der Waals surface area contributed by atoms with Crippen molar-refractivity contribution in [2.45, 2.75) is 5.75 Å². The molecule has 0 aliphatic heterocycles. The molecular formula is C15H14N4O3S. The molecule has 118 valence electrons. The number of carbonyl (C=O) groups excluding carboxylic acids is 1. The van der Waals surface area contributed by atoms with Gasteiger partial charge in [0.15, 0.2) is 0 Å². The Balaban J connectivity index is 1.73. The summed E-state index contributed by atoms with van der Waals surface area (Å²) >= 11 is 1.36. The Bertz CT molecular complexity index is 707. The lowest BCUT2D eigenvalue weighted by Gasteiger charge is -2.01. The van der Waals surface area contributed by atoms with E-state index in [4.69, 9.17) is 0 Å². The van der Waals surface area contributed by atoms with Gasteiger partial charge in [-0.15, -0.1) is 11.8 Å². The normalized spacial score (nSPS) is 10.6. The van der Waals surface area contributed by atoms with E-state index in [-0.39, 0.29) is 17.3 Å². The third-order valence-electron chi connectivity index (χ3n) is 2.73. The number of nitro groups is 1. The van der Waals surface area contributed by atoms with Gasteiger partial charge < -0.3 is 0 Å². The average molecular weight is 330 g/mol. The van der Waals surface area contributed by atoms with E-state index in [1.165, 1.54) is 30.1 Å². The molecule has 8 heteroatoms. The molecular weight excluding hydrogens is 316 g/mol. The highest BCUT2D eigenvalue weighted by molar-refractivity contribution is 7.99. The molecule has 7 nitrogen and oxygen atoms in total. The molecule has 2 rings (SSSR count). The van der Waals surface area contributed by atoms with Gasteiger partial charge in [0.1, 0.15) is 0 Å². The van der Waals surface area contributed by atoms with Crippen LogP contribution >= 0.6 is 11.8 Å². The maximum absolute atomic E-state index is 11.6. The Morgan fingerprint density at radius 2 is 2.13 bits per heavy atom. The summed E-state index contributed by atoms with van der Waals surface area (Å²) in [5.41, 5.74) is 4.12. The molecule has 0 unspecified atom stereocenters. The Hall–Kier alpha value is -2.74. The number of benzene rings is 1. The molecule has 0 aliphatic carbocycles. The van der Waals surface area contributed by atoms with E-state index in [9.17, 15) is 14.9 Å². The van der Waals surface area contributed by atoms with Gasteiger partial charge in [0, 0.05) is 30.3 Å². The second-order valence-electron chi connectivity index (χ2n) is 4.49. The van der Waals surface area contributed by atoms with Crippen molar-refractivity contribution in [2.24, 2.45) is 5.10 Å². The lowest BCUT2D eigenvalue weighted by molar-refractivity contribution is -0.384. The van der Waals surface area contributed by atoms with Crippen LogP contribution in [0, 0.1) is 10.1 Å². The number of pyridine rings is 1. The van der Waals surface area contributed by atoms with Crippen molar-refractivity contribution in [1.29, 1.82) is 0 Å². The quantitative estimate of drug-likeness (QED) is 0.477. The molecule has 0 bridgehead atoms. The van der Waals surface area contributed by atoms with Gasteiger partial charge in [-0.25, -0.2) is 5.43 Å². The second-order valence-corrected chi connectivity index (χ2v) is 5.48. The smallest absolute Gasteiger partial charge is 0.269 e. The highest BCUT2D eigenvalue weighted by atomic mass is 32.2. The molecule has 0 fully saturated rings. The zero-order chi connectivity index (χ0) is 16.5. The summed E-state index contributed by atoms with van der Waals surface area (Å²) in [6.45, 7) is 0. The molecule has 0 saturated carbocycles. The van der Waals surface area contributed by atoms with Crippen molar-refractivity contribution in [2.75, 3.05) is 5.75 Å². The number of nitrogens with zero attached hydrogens (tertiary/aromatic N) is 3.